The molecule has 0 saturated carbocycles. The second kappa shape index (κ2) is 6.97. The molecular formula is C9H15N3O3. The standard InChI is InChI=1S/C9H15N3O3/c1-13-2-3-14-4-5-15-9-11-6-8(10)7-12-9/h6-7H,2-5,10H2,1H3. The maximum absolute atomic E-state index is 5.42. The van der Waals surface area contributed by atoms with Gasteiger partial charge in [-0.2, -0.15) is 0 Å². The van der Waals surface area contributed by atoms with Crippen LogP contribution in [-0.4, -0.2) is 43.5 Å². The summed E-state index contributed by atoms with van der Waals surface area (Å²) >= 11 is 0. The van der Waals surface area contributed by atoms with Crippen LogP contribution in [0.15, 0.2) is 12.4 Å². The SMILES string of the molecule is COCCOCCOc1ncc(N)cn1. The van der Waals surface area contributed by atoms with E-state index in [4.69, 9.17) is 19.9 Å². The van der Waals surface area contributed by atoms with E-state index in [1.807, 2.05) is 0 Å². The van der Waals surface area contributed by atoms with Gasteiger partial charge in [-0.05, 0) is 0 Å². The molecule has 0 saturated heterocycles. The summed E-state index contributed by atoms with van der Waals surface area (Å²) in [5.74, 6) is 0. The monoisotopic (exact) mass is 213 g/mol. The lowest BCUT2D eigenvalue weighted by Crippen LogP contribution is -2.11. The molecule has 1 rings (SSSR count). The van der Waals surface area contributed by atoms with Gasteiger partial charge in [0, 0.05) is 7.11 Å². The first-order valence-electron chi connectivity index (χ1n) is 4.60. The van der Waals surface area contributed by atoms with E-state index >= 15 is 0 Å². The predicted molar refractivity (Wildman–Crippen MR) is 54.6 cm³/mol. The summed E-state index contributed by atoms with van der Waals surface area (Å²) < 4.78 is 15.2. The van der Waals surface area contributed by atoms with Crippen molar-refractivity contribution in [2.45, 2.75) is 0 Å². The highest BCUT2D eigenvalue weighted by atomic mass is 16.5. The normalized spacial score (nSPS) is 10.2. The Morgan fingerprint density at radius 2 is 1.80 bits per heavy atom. The Hall–Kier alpha value is -1.40. The molecule has 0 aliphatic rings. The Labute approximate surface area is 88.4 Å². The Bertz CT molecular complexity index is 266. The molecule has 0 atom stereocenters. The molecule has 0 bridgehead atoms. The van der Waals surface area contributed by atoms with Crippen LogP contribution >= 0.6 is 0 Å². The minimum Gasteiger partial charge on any atom is -0.461 e. The van der Waals surface area contributed by atoms with Crippen LogP contribution in [0, 0.1) is 0 Å². The van der Waals surface area contributed by atoms with Crippen LogP contribution in [0.4, 0.5) is 5.69 Å². The topological polar surface area (TPSA) is 79.5 Å². The van der Waals surface area contributed by atoms with Crippen LogP contribution in [0.3, 0.4) is 0 Å². The van der Waals surface area contributed by atoms with E-state index in [0.29, 0.717) is 38.1 Å². The number of nitrogens with two attached hydrogens (primary N) is 1. The molecule has 0 aromatic carbocycles. The minimum atomic E-state index is 0.305. The number of aromatic nitrogens is 2. The number of hydrogen-bond donors (Lipinski definition) is 1. The van der Waals surface area contributed by atoms with Gasteiger partial charge in [0.1, 0.15) is 6.61 Å². The predicted octanol–water partition coefficient (Wildman–Crippen LogP) is 0.101. The molecule has 84 valence electrons. The van der Waals surface area contributed by atoms with E-state index in [2.05, 4.69) is 9.97 Å². The fraction of sp³-hybridized carbons (Fsp3) is 0.556. The third-order valence-electron chi connectivity index (χ3n) is 1.54. The third-order valence-corrected chi connectivity index (χ3v) is 1.54. The number of hydrogen-bond acceptors (Lipinski definition) is 6. The summed E-state index contributed by atoms with van der Waals surface area (Å²) in [4.78, 5) is 7.75. The molecule has 0 radical (unpaired) electrons. The first-order chi connectivity index (χ1) is 7.33. The van der Waals surface area contributed by atoms with E-state index in [1.165, 1.54) is 12.4 Å². The van der Waals surface area contributed by atoms with E-state index < -0.39 is 0 Å². The zero-order chi connectivity index (χ0) is 10.9. The van der Waals surface area contributed by atoms with Gasteiger partial charge in [0.25, 0.3) is 0 Å². The molecule has 1 heterocycles. The maximum atomic E-state index is 5.42. The highest BCUT2D eigenvalue weighted by molar-refractivity contribution is 5.30. The number of ether oxygens (including phenoxy) is 3. The molecular weight excluding hydrogens is 198 g/mol. The highest BCUT2D eigenvalue weighted by Crippen LogP contribution is 2.02. The van der Waals surface area contributed by atoms with Crippen molar-refractivity contribution in [3.8, 4) is 6.01 Å². The lowest BCUT2D eigenvalue weighted by Gasteiger charge is -2.04. The first-order valence-corrected chi connectivity index (χ1v) is 4.60. The zero-order valence-corrected chi connectivity index (χ0v) is 8.68. The van der Waals surface area contributed by atoms with Crippen LogP contribution in [0.1, 0.15) is 0 Å². The van der Waals surface area contributed by atoms with Crippen molar-refractivity contribution in [2.24, 2.45) is 0 Å². The molecule has 0 unspecified atom stereocenters. The summed E-state index contributed by atoms with van der Waals surface area (Å²) in [7, 11) is 1.63. The summed E-state index contributed by atoms with van der Waals surface area (Å²) in [5.41, 5.74) is 5.93. The van der Waals surface area contributed by atoms with Crippen molar-refractivity contribution in [1.29, 1.82) is 0 Å². The minimum absolute atomic E-state index is 0.305. The molecule has 15 heavy (non-hydrogen) atoms. The van der Waals surface area contributed by atoms with E-state index in [0.717, 1.165) is 0 Å². The van der Waals surface area contributed by atoms with Crippen molar-refractivity contribution in [1.82, 2.24) is 9.97 Å². The second-order valence-corrected chi connectivity index (χ2v) is 2.75. The Morgan fingerprint density at radius 1 is 1.13 bits per heavy atom. The van der Waals surface area contributed by atoms with Gasteiger partial charge >= 0.3 is 6.01 Å². The van der Waals surface area contributed by atoms with Crippen molar-refractivity contribution < 1.29 is 14.2 Å². The van der Waals surface area contributed by atoms with Crippen molar-refractivity contribution in [2.75, 3.05) is 39.3 Å². The van der Waals surface area contributed by atoms with Gasteiger partial charge < -0.3 is 19.9 Å². The fourth-order valence-electron chi connectivity index (χ4n) is 0.837. The lowest BCUT2D eigenvalue weighted by atomic mass is 10.6. The van der Waals surface area contributed by atoms with Gasteiger partial charge in [-0.15, -0.1) is 0 Å². The van der Waals surface area contributed by atoms with Gasteiger partial charge in [0.05, 0.1) is 37.9 Å². The molecule has 6 nitrogen and oxygen atoms in total. The van der Waals surface area contributed by atoms with Crippen LogP contribution in [0.25, 0.3) is 0 Å². The van der Waals surface area contributed by atoms with Gasteiger partial charge in [-0.3, -0.25) is 0 Å². The van der Waals surface area contributed by atoms with Gasteiger partial charge in [-0.1, -0.05) is 0 Å². The molecule has 0 aliphatic carbocycles. The average molecular weight is 213 g/mol. The Morgan fingerprint density at radius 3 is 2.47 bits per heavy atom. The van der Waals surface area contributed by atoms with E-state index in [1.54, 1.807) is 7.11 Å². The van der Waals surface area contributed by atoms with Crippen LogP contribution < -0.4 is 10.5 Å². The molecule has 0 spiro atoms. The van der Waals surface area contributed by atoms with Crippen LogP contribution in [0.5, 0.6) is 6.01 Å². The Balaban J connectivity index is 2.07. The maximum Gasteiger partial charge on any atom is 0.316 e. The molecule has 6 heteroatoms. The largest absolute Gasteiger partial charge is 0.461 e. The van der Waals surface area contributed by atoms with Crippen LogP contribution in [0.2, 0.25) is 0 Å². The first kappa shape index (κ1) is 11.7. The molecule has 0 fully saturated rings. The number of methoxy groups -OCH3 is 1. The van der Waals surface area contributed by atoms with Crippen LogP contribution in [-0.2, 0) is 9.47 Å². The Kier molecular flexibility index (Phi) is 5.42. The number of rotatable bonds is 7. The molecule has 0 aliphatic heterocycles. The van der Waals surface area contributed by atoms with Gasteiger partial charge in [0.15, 0.2) is 0 Å². The van der Waals surface area contributed by atoms with Crippen molar-refractivity contribution in [3.63, 3.8) is 0 Å². The van der Waals surface area contributed by atoms with Crippen molar-refractivity contribution >= 4 is 5.69 Å². The zero-order valence-electron chi connectivity index (χ0n) is 8.68. The number of anilines is 1. The smallest absolute Gasteiger partial charge is 0.316 e. The fourth-order valence-corrected chi connectivity index (χ4v) is 0.837. The van der Waals surface area contributed by atoms with E-state index in [9.17, 15) is 0 Å². The summed E-state index contributed by atoms with van der Waals surface area (Å²) in [6.07, 6.45) is 2.99. The molecule has 2 N–H and O–H groups in total. The quantitative estimate of drug-likeness (QED) is 0.647. The van der Waals surface area contributed by atoms with Gasteiger partial charge in [-0.25, -0.2) is 9.97 Å². The third kappa shape index (κ3) is 5.14. The average Bonchev–Trinajstić information content (AvgIpc) is 2.26. The van der Waals surface area contributed by atoms with Crippen molar-refractivity contribution in [3.05, 3.63) is 12.4 Å². The van der Waals surface area contributed by atoms with Gasteiger partial charge in [0.2, 0.25) is 0 Å². The summed E-state index contributed by atoms with van der Waals surface area (Å²) in [6.45, 7) is 2.03. The lowest BCUT2D eigenvalue weighted by molar-refractivity contribution is 0.0528. The van der Waals surface area contributed by atoms with E-state index in [-0.39, 0.29) is 0 Å². The molecule has 1 aromatic heterocycles. The second-order valence-electron chi connectivity index (χ2n) is 2.75. The molecule has 1 aromatic rings. The summed E-state index contributed by atoms with van der Waals surface area (Å²) in [5, 5.41) is 0. The highest BCUT2D eigenvalue weighted by Gasteiger charge is 1.96. The number of nitrogens with zero attached hydrogens (tertiary/aromatic N) is 2. The number of nitrogen functional groups attached to an aromatic ring is 1. The molecule has 0 amide bonds. The summed E-state index contributed by atoms with van der Waals surface area (Å²) in [6, 6.07) is 0.305.